The van der Waals surface area contributed by atoms with Crippen molar-refractivity contribution in [3.8, 4) is 0 Å². The van der Waals surface area contributed by atoms with Gasteiger partial charge in [-0.2, -0.15) is 0 Å². The molecule has 2 amide bonds. The van der Waals surface area contributed by atoms with Crippen LogP contribution in [0.5, 0.6) is 0 Å². The second-order valence-electron chi connectivity index (χ2n) is 7.67. The van der Waals surface area contributed by atoms with Crippen molar-refractivity contribution in [1.82, 2.24) is 19.5 Å². The summed E-state index contributed by atoms with van der Waals surface area (Å²) in [6.07, 6.45) is 4.43. The van der Waals surface area contributed by atoms with E-state index in [4.69, 9.17) is 4.74 Å². The highest BCUT2D eigenvalue weighted by atomic mass is 16.5. The van der Waals surface area contributed by atoms with Gasteiger partial charge in [-0.05, 0) is 44.2 Å². The van der Waals surface area contributed by atoms with E-state index >= 15 is 0 Å². The van der Waals surface area contributed by atoms with E-state index in [-0.39, 0.29) is 23.9 Å². The number of carbonyl (C=O) groups is 2. The normalized spacial score (nSPS) is 23.2. The van der Waals surface area contributed by atoms with Crippen molar-refractivity contribution in [1.29, 1.82) is 0 Å². The van der Waals surface area contributed by atoms with Gasteiger partial charge in [-0.15, -0.1) is 0 Å². The minimum atomic E-state index is -0.0626. The van der Waals surface area contributed by atoms with Gasteiger partial charge < -0.3 is 19.4 Å². The van der Waals surface area contributed by atoms with Crippen LogP contribution in [0.2, 0.25) is 0 Å². The Morgan fingerprint density at radius 3 is 2.71 bits per heavy atom. The van der Waals surface area contributed by atoms with Gasteiger partial charge >= 0.3 is 0 Å². The molecular weight excluding hydrogens is 356 g/mol. The van der Waals surface area contributed by atoms with E-state index in [1.807, 2.05) is 45.8 Å². The van der Waals surface area contributed by atoms with Gasteiger partial charge in [0.1, 0.15) is 5.69 Å². The second kappa shape index (κ2) is 8.32. The molecule has 7 nitrogen and oxygen atoms in total. The Morgan fingerprint density at radius 1 is 1.11 bits per heavy atom. The van der Waals surface area contributed by atoms with Gasteiger partial charge in [-0.3, -0.25) is 14.5 Å². The maximum Gasteiger partial charge on any atom is 0.268 e. The van der Waals surface area contributed by atoms with Crippen LogP contribution in [-0.2, 0) is 9.53 Å². The van der Waals surface area contributed by atoms with E-state index in [0.717, 1.165) is 18.4 Å². The summed E-state index contributed by atoms with van der Waals surface area (Å²) in [5.74, 6) is 0.150. The molecule has 7 heteroatoms. The lowest BCUT2D eigenvalue weighted by molar-refractivity contribution is -0.136. The van der Waals surface area contributed by atoms with Crippen LogP contribution < -0.4 is 5.32 Å². The first-order valence-electron chi connectivity index (χ1n) is 10.1. The summed E-state index contributed by atoms with van der Waals surface area (Å²) in [6, 6.07) is 10.2. The number of likely N-dealkylation sites (N-methyl/N-ethyl adjacent to an activating group) is 1. The van der Waals surface area contributed by atoms with Crippen LogP contribution in [-0.4, -0.2) is 78.0 Å². The number of morpholine rings is 1. The molecule has 2 saturated heterocycles. The van der Waals surface area contributed by atoms with E-state index in [2.05, 4.69) is 17.3 Å². The summed E-state index contributed by atoms with van der Waals surface area (Å²) in [7, 11) is 2.06. The van der Waals surface area contributed by atoms with Gasteiger partial charge in [-0.1, -0.05) is 6.07 Å². The van der Waals surface area contributed by atoms with Crippen LogP contribution in [0.1, 0.15) is 29.8 Å². The first-order chi connectivity index (χ1) is 13.6. The fourth-order valence-corrected chi connectivity index (χ4v) is 4.27. The van der Waals surface area contributed by atoms with E-state index in [9.17, 15) is 9.59 Å². The van der Waals surface area contributed by atoms with Crippen LogP contribution in [0.4, 0.5) is 0 Å². The molecule has 0 aliphatic carbocycles. The second-order valence-corrected chi connectivity index (χ2v) is 7.67. The maximum absolute atomic E-state index is 12.6. The third kappa shape index (κ3) is 3.91. The number of nitrogens with one attached hydrogen (secondary N) is 1. The fraction of sp³-hybridized carbons (Fsp3) is 0.524. The average molecular weight is 384 g/mol. The zero-order valence-corrected chi connectivity index (χ0v) is 16.3. The lowest BCUT2D eigenvalue weighted by Gasteiger charge is -2.30. The van der Waals surface area contributed by atoms with Crippen LogP contribution in [0.25, 0.3) is 5.52 Å². The number of carbonyl (C=O) groups excluding carboxylic acids is 2. The number of amides is 2. The van der Waals surface area contributed by atoms with Crippen molar-refractivity contribution < 1.29 is 14.3 Å². The van der Waals surface area contributed by atoms with E-state index in [1.54, 1.807) is 0 Å². The van der Waals surface area contributed by atoms with Crippen LogP contribution in [0, 0.1) is 0 Å². The van der Waals surface area contributed by atoms with Gasteiger partial charge in [0.05, 0.1) is 13.2 Å². The molecule has 2 aliphatic rings. The molecular formula is C21H28N4O3. The minimum Gasteiger partial charge on any atom is -0.378 e. The van der Waals surface area contributed by atoms with Crippen LogP contribution >= 0.6 is 0 Å². The van der Waals surface area contributed by atoms with Crippen molar-refractivity contribution >= 4 is 17.3 Å². The van der Waals surface area contributed by atoms with Gasteiger partial charge in [0.2, 0.25) is 5.91 Å². The third-order valence-corrected chi connectivity index (χ3v) is 6.05. The predicted molar refractivity (Wildman–Crippen MR) is 106 cm³/mol. The van der Waals surface area contributed by atoms with Crippen molar-refractivity contribution in [2.24, 2.45) is 0 Å². The van der Waals surface area contributed by atoms with Gasteiger partial charge in [0, 0.05) is 49.9 Å². The Kier molecular flexibility index (Phi) is 5.64. The molecule has 2 aliphatic heterocycles. The molecule has 0 saturated carbocycles. The summed E-state index contributed by atoms with van der Waals surface area (Å²) in [5.41, 5.74) is 1.66. The number of hydrogen-bond donors (Lipinski definition) is 1. The Hall–Kier alpha value is -2.38. The highest BCUT2D eigenvalue weighted by Crippen LogP contribution is 2.25. The Bertz CT molecular complexity index is 843. The molecule has 4 rings (SSSR count). The number of rotatable bonds is 5. The zero-order valence-electron chi connectivity index (χ0n) is 16.3. The van der Waals surface area contributed by atoms with Crippen molar-refractivity contribution in [3.05, 3.63) is 42.2 Å². The van der Waals surface area contributed by atoms with Gasteiger partial charge in [0.15, 0.2) is 0 Å². The summed E-state index contributed by atoms with van der Waals surface area (Å²) in [4.78, 5) is 29.3. The minimum absolute atomic E-state index is 0.0626. The van der Waals surface area contributed by atoms with Crippen LogP contribution in [0.15, 0.2) is 36.5 Å². The molecule has 0 radical (unpaired) electrons. The molecule has 1 N–H and O–H groups in total. The van der Waals surface area contributed by atoms with Crippen molar-refractivity contribution in [3.63, 3.8) is 0 Å². The lowest BCUT2D eigenvalue weighted by Crippen LogP contribution is -2.45. The first kappa shape index (κ1) is 19.0. The number of ether oxygens (including phenoxy) is 1. The van der Waals surface area contributed by atoms with E-state index in [1.165, 1.54) is 0 Å². The molecule has 0 spiro atoms. The number of nitrogens with zero attached hydrogens (tertiary/aromatic N) is 3. The number of pyridine rings is 1. The topological polar surface area (TPSA) is 66.3 Å². The van der Waals surface area contributed by atoms with E-state index in [0.29, 0.717) is 45.0 Å². The Morgan fingerprint density at radius 2 is 1.89 bits per heavy atom. The molecule has 2 fully saturated rings. The molecule has 2 aromatic heterocycles. The summed E-state index contributed by atoms with van der Waals surface area (Å²) < 4.78 is 7.22. The molecule has 4 heterocycles. The number of likely N-dealkylation sites (tertiary alicyclic amines) is 1. The largest absolute Gasteiger partial charge is 0.378 e. The SMILES string of the molecule is CN1[C@@H](CC(=O)N2CCOCC2)CC[C@H]1CNC(=O)c1ccc2ccccn12. The monoisotopic (exact) mass is 384 g/mol. The molecule has 0 unspecified atom stereocenters. The molecule has 2 aromatic rings. The maximum atomic E-state index is 12.6. The van der Waals surface area contributed by atoms with E-state index < -0.39 is 0 Å². The summed E-state index contributed by atoms with van der Waals surface area (Å²) in [5, 5.41) is 3.07. The highest BCUT2D eigenvalue weighted by Gasteiger charge is 2.33. The highest BCUT2D eigenvalue weighted by molar-refractivity contribution is 5.94. The summed E-state index contributed by atoms with van der Waals surface area (Å²) in [6.45, 7) is 3.25. The molecule has 150 valence electrons. The molecule has 28 heavy (non-hydrogen) atoms. The quantitative estimate of drug-likeness (QED) is 0.846. The number of fused-ring (bicyclic) bond motifs is 1. The zero-order chi connectivity index (χ0) is 19.5. The van der Waals surface area contributed by atoms with Gasteiger partial charge in [-0.25, -0.2) is 0 Å². The predicted octanol–water partition coefficient (Wildman–Crippen LogP) is 1.38. The smallest absolute Gasteiger partial charge is 0.268 e. The Balaban J connectivity index is 1.29. The van der Waals surface area contributed by atoms with Gasteiger partial charge in [0.25, 0.3) is 5.91 Å². The molecule has 2 atom stereocenters. The lowest BCUT2D eigenvalue weighted by atomic mass is 10.1. The molecule has 0 bridgehead atoms. The average Bonchev–Trinajstić information content (AvgIpc) is 3.31. The van der Waals surface area contributed by atoms with Crippen LogP contribution in [0.3, 0.4) is 0 Å². The fourth-order valence-electron chi connectivity index (χ4n) is 4.27. The van der Waals surface area contributed by atoms with Crippen molar-refractivity contribution in [2.75, 3.05) is 39.9 Å². The third-order valence-electron chi connectivity index (χ3n) is 6.05. The summed E-state index contributed by atoms with van der Waals surface area (Å²) >= 11 is 0. The molecule has 0 aromatic carbocycles. The van der Waals surface area contributed by atoms with Crippen molar-refractivity contribution in [2.45, 2.75) is 31.3 Å². The standard InChI is InChI=1S/C21H28N4O3/c1-23-17(14-20(26)24-10-12-28-13-11-24)5-6-18(23)15-22-21(27)19-8-7-16-4-2-3-9-25(16)19/h2-4,7-9,17-18H,5-6,10-15H2,1H3,(H,22,27)/t17-,18+/m1/s1. The first-order valence-corrected chi connectivity index (χ1v) is 10.1. The number of aromatic nitrogens is 1. The number of hydrogen-bond acceptors (Lipinski definition) is 4. The Labute approximate surface area is 165 Å².